The van der Waals surface area contributed by atoms with Gasteiger partial charge in [0.15, 0.2) is 0 Å². The predicted molar refractivity (Wildman–Crippen MR) is 87.5 cm³/mol. The third kappa shape index (κ3) is 3.85. The average molecular weight is 305 g/mol. The maximum absolute atomic E-state index is 12.6. The van der Waals surface area contributed by atoms with E-state index >= 15 is 0 Å². The Hall–Kier alpha value is -1.35. The molecule has 5 heteroatoms. The van der Waals surface area contributed by atoms with Crippen molar-refractivity contribution in [3.05, 3.63) is 21.9 Å². The number of likely N-dealkylation sites (N-methyl/N-ethyl adjacent to an activating group) is 2. The molecule has 0 aliphatic carbocycles. The number of nitrogens with zero attached hydrogens (tertiary/aromatic N) is 2. The molecule has 1 aliphatic rings. The van der Waals surface area contributed by atoms with Crippen LogP contribution in [-0.2, 0) is 0 Å². The highest BCUT2D eigenvalue weighted by atomic mass is 32.1. The summed E-state index contributed by atoms with van der Waals surface area (Å²) in [6, 6.07) is 2.38. The number of hydrogen-bond donors (Lipinski definition) is 1. The topological polar surface area (TPSA) is 49.6 Å². The van der Waals surface area contributed by atoms with Crippen LogP contribution >= 0.6 is 11.3 Å². The lowest BCUT2D eigenvalue weighted by atomic mass is 10.2. The van der Waals surface area contributed by atoms with Gasteiger partial charge in [-0.25, -0.2) is 0 Å². The summed E-state index contributed by atoms with van der Waals surface area (Å²) in [6.45, 7) is 5.48. The monoisotopic (exact) mass is 305 g/mol. The van der Waals surface area contributed by atoms with Crippen molar-refractivity contribution in [1.82, 2.24) is 9.80 Å². The fourth-order valence-corrected chi connectivity index (χ4v) is 3.65. The van der Waals surface area contributed by atoms with Crippen molar-refractivity contribution in [1.29, 1.82) is 0 Å². The second-order valence-electron chi connectivity index (χ2n) is 5.28. The number of carbonyl (C=O) groups excluding carboxylic acids is 1. The van der Waals surface area contributed by atoms with E-state index in [1.165, 1.54) is 24.2 Å². The molecule has 1 unspecified atom stereocenters. The molecule has 1 atom stereocenters. The van der Waals surface area contributed by atoms with E-state index < -0.39 is 0 Å². The van der Waals surface area contributed by atoms with Gasteiger partial charge in [0.1, 0.15) is 4.88 Å². The molecule has 1 aromatic heterocycles. The summed E-state index contributed by atoms with van der Waals surface area (Å²) in [5, 5.41) is 1.91. The first-order chi connectivity index (χ1) is 10.2. The number of likely N-dealkylation sites (tertiary alicyclic amines) is 1. The largest absolute Gasteiger partial charge is 0.339 e. The van der Waals surface area contributed by atoms with Crippen molar-refractivity contribution in [3.8, 4) is 11.8 Å². The quantitative estimate of drug-likeness (QED) is 0.860. The molecule has 1 fully saturated rings. The lowest BCUT2D eigenvalue weighted by molar-refractivity contribution is 0.0759. The van der Waals surface area contributed by atoms with Gasteiger partial charge in [0.2, 0.25) is 0 Å². The number of amides is 1. The lowest BCUT2D eigenvalue weighted by Gasteiger charge is -2.27. The average Bonchev–Trinajstić information content (AvgIpc) is 3.12. The molecule has 21 heavy (non-hydrogen) atoms. The van der Waals surface area contributed by atoms with Gasteiger partial charge in [0.25, 0.3) is 5.91 Å². The third-order valence-corrected chi connectivity index (χ3v) is 4.82. The molecular formula is C16H23N3OS. The molecule has 2 heterocycles. The molecule has 0 bridgehead atoms. The number of rotatable bonds is 4. The predicted octanol–water partition coefficient (Wildman–Crippen LogP) is 1.61. The first-order valence-corrected chi connectivity index (χ1v) is 8.31. The van der Waals surface area contributed by atoms with E-state index in [4.69, 9.17) is 5.73 Å². The van der Waals surface area contributed by atoms with Gasteiger partial charge in [-0.05, 0) is 37.4 Å². The van der Waals surface area contributed by atoms with E-state index in [1.54, 1.807) is 0 Å². The van der Waals surface area contributed by atoms with Gasteiger partial charge in [-0.15, -0.1) is 11.3 Å². The van der Waals surface area contributed by atoms with Crippen molar-refractivity contribution >= 4 is 17.2 Å². The second kappa shape index (κ2) is 7.60. The van der Waals surface area contributed by atoms with E-state index in [1.807, 2.05) is 23.4 Å². The van der Waals surface area contributed by atoms with Crippen LogP contribution in [0.2, 0.25) is 0 Å². The van der Waals surface area contributed by atoms with E-state index in [0.717, 1.165) is 30.1 Å². The Morgan fingerprint density at radius 1 is 1.62 bits per heavy atom. The normalized spacial score (nSPS) is 18.3. The van der Waals surface area contributed by atoms with Crippen molar-refractivity contribution in [2.45, 2.75) is 25.8 Å². The van der Waals surface area contributed by atoms with Crippen LogP contribution in [0.5, 0.6) is 0 Å². The van der Waals surface area contributed by atoms with Crippen LogP contribution in [0.1, 0.15) is 35.0 Å². The minimum atomic E-state index is 0.0641. The smallest absolute Gasteiger partial charge is 0.265 e. The van der Waals surface area contributed by atoms with Crippen LogP contribution in [0, 0.1) is 11.8 Å². The summed E-state index contributed by atoms with van der Waals surface area (Å²) in [7, 11) is 1.88. The molecule has 114 valence electrons. The van der Waals surface area contributed by atoms with Gasteiger partial charge in [-0.3, -0.25) is 9.69 Å². The van der Waals surface area contributed by atoms with Crippen molar-refractivity contribution < 1.29 is 4.79 Å². The SMILES string of the molecule is CCN1CCCC1CN(C)C(=O)c1sccc1C#CCN. The molecular weight excluding hydrogens is 282 g/mol. The summed E-state index contributed by atoms with van der Waals surface area (Å²) < 4.78 is 0. The first-order valence-electron chi connectivity index (χ1n) is 7.43. The van der Waals surface area contributed by atoms with E-state index in [9.17, 15) is 4.79 Å². The standard InChI is InChI=1S/C16H23N3OS/c1-3-19-10-5-7-14(19)12-18(2)16(20)15-13(6-4-9-17)8-11-21-15/h8,11,14H,3,5,7,9-10,12,17H2,1-2H3. The number of thiophene rings is 1. The van der Waals surface area contributed by atoms with Gasteiger partial charge >= 0.3 is 0 Å². The zero-order valence-corrected chi connectivity index (χ0v) is 13.6. The molecule has 0 radical (unpaired) electrons. The highest BCUT2D eigenvalue weighted by Gasteiger charge is 2.26. The molecule has 2 N–H and O–H groups in total. The Kier molecular flexibility index (Phi) is 5.80. The fourth-order valence-electron chi connectivity index (χ4n) is 2.81. The maximum atomic E-state index is 12.6. The van der Waals surface area contributed by atoms with E-state index in [0.29, 0.717) is 12.6 Å². The second-order valence-corrected chi connectivity index (χ2v) is 6.20. The summed E-state index contributed by atoms with van der Waals surface area (Å²) in [5.74, 6) is 5.86. The lowest BCUT2D eigenvalue weighted by Crippen LogP contribution is -2.41. The molecule has 1 aliphatic heterocycles. The Bertz CT molecular complexity index is 543. The summed E-state index contributed by atoms with van der Waals surface area (Å²) >= 11 is 1.45. The number of carbonyl (C=O) groups is 1. The molecule has 2 rings (SSSR count). The van der Waals surface area contributed by atoms with Crippen LogP contribution in [0.25, 0.3) is 0 Å². The van der Waals surface area contributed by atoms with Gasteiger partial charge < -0.3 is 10.6 Å². The molecule has 1 aromatic rings. The highest BCUT2D eigenvalue weighted by Crippen LogP contribution is 2.21. The van der Waals surface area contributed by atoms with Gasteiger partial charge in [-0.2, -0.15) is 0 Å². The van der Waals surface area contributed by atoms with Crippen molar-refractivity contribution in [2.75, 3.05) is 33.2 Å². The molecule has 1 saturated heterocycles. The van der Waals surface area contributed by atoms with Crippen LogP contribution in [-0.4, -0.2) is 55.0 Å². The Morgan fingerprint density at radius 2 is 2.43 bits per heavy atom. The van der Waals surface area contributed by atoms with Crippen molar-refractivity contribution in [3.63, 3.8) is 0 Å². The molecule has 0 spiro atoms. The molecule has 1 amide bonds. The molecule has 0 saturated carbocycles. The first kappa shape index (κ1) is 16.0. The summed E-state index contributed by atoms with van der Waals surface area (Å²) in [5.41, 5.74) is 6.19. The summed E-state index contributed by atoms with van der Waals surface area (Å²) in [6.07, 6.45) is 2.41. The Morgan fingerprint density at radius 3 is 3.14 bits per heavy atom. The van der Waals surface area contributed by atoms with E-state index in [2.05, 4.69) is 23.7 Å². The van der Waals surface area contributed by atoms with Gasteiger partial charge in [-0.1, -0.05) is 18.8 Å². The Labute approximate surface area is 130 Å². The van der Waals surface area contributed by atoms with Crippen LogP contribution < -0.4 is 5.73 Å². The fraction of sp³-hybridized carbons (Fsp3) is 0.562. The summed E-state index contributed by atoms with van der Waals surface area (Å²) in [4.78, 5) is 17.6. The zero-order chi connectivity index (χ0) is 15.2. The molecule has 4 nitrogen and oxygen atoms in total. The molecule has 0 aromatic carbocycles. The Balaban J connectivity index is 2.04. The highest BCUT2D eigenvalue weighted by molar-refractivity contribution is 7.12. The number of hydrogen-bond acceptors (Lipinski definition) is 4. The van der Waals surface area contributed by atoms with Crippen LogP contribution in [0.3, 0.4) is 0 Å². The minimum absolute atomic E-state index is 0.0641. The van der Waals surface area contributed by atoms with E-state index in [-0.39, 0.29) is 5.91 Å². The number of nitrogens with two attached hydrogens (primary N) is 1. The van der Waals surface area contributed by atoms with Gasteiger partial charge in [0.05, 0.1) is 6.54 Å². The third-order valence-electron chi connectivity index (χ3n) is 3.92. The van der Waals surface area contributed by atoms with Crippen molar-refractivity contribution in [2.24, 2.45) is 5.73 Å². The maximum Gasteiger partial charge on any atom is 0.265 e. The van der Waals surface area contributed by atoms with Crippen LogP contribution in [0.15, 0.2) is 11.4 Å². The van der Waals surface area contributed by atoms with Crippen LogP contribution in [0.4, 0.5) is 0 Å². The van der Waals surface area contributed by atoms with Gasteiger partial charge in [0, 0.05) is 25.2 Å². The minimum Gasteiger partial charge on any atom is -0.339 e. The zero-order valence-electron chi connectivity index (χ0n) is 12.8.